The fourth-order valence-corrected chi connectivity index (χ4v) is 7.01. The molecule has 8 rings (SSSR count). The van der Waals surface area contributed by atoms with Gasteiger partial charge in [-0.25, -0.2) is 0 Å². The van der Waals surface area contributed by atoms with E-state index in [1.165, 1.54) is 66.8 Å². The SMILES string of the molecule is c1ccc(-c2cccc(-c3cccc(-c4ccc5c(c4)C(c4ccccc4)(c4ccccc4)c4ccccc4-5)c3)c2)cc1. The predicted octanol–water partition coefficient (Wildman–Crippen LogP) is 11.1. The Morgan fingerprint density at radius 1 is 0.256 bits per heavy atom. The Hall–Kier alpha value is -5.46. The molecule has 0 spiro atoms. The summed E-state index contributed by atoms with van der Waals surface area (Å²) in [6.45, 7) is 0. The van der Waals surface area contributed by atoms with E-state index < -0.39 is 5.41 Å². The Balaban J connectivity index is 1.30. The lowest BCUT2D eigenvalue weighted by atomic mass is 9.67. The summed E-state index contributed by atoms with van der Waals surface area (Å²) in [4.78, 5) is 0. The van der Waals surface area contributed by atoms with E-state index in [4.69, 9.17) is 0 Å². The molecule has 1 aliphatic carbocycles. The molecule has 0 N–H and O–H groups in total. The molecule has 202 valence electrons. The molecular formula is C43H30. The van der Waals surface area contributed by atoms with Crippen molar-refractivity contribution in [2.24, 2.45) is 0 Å². The summed E-state index contributed by atoms with van der Waals surface area (Å²) < 4.78 is 0. The van der Waals surface area contributed by atoms with Crippen molar-refractivity contribution in [2.75, 3.05) is 0 Å². The molecule has 0 heterocycles. The first-order valence-corrected chi connectivity index (χ1v) is 14.9. The predicted molar refractivity (Wildman–Crippen MR) is 180 cm³/mol. The van der Waals surface area contributed by atoms with Crippen LogP contribution in [0.2, 0.25) is 0 Å². The van der Waals surface area contributed by atoms with Crippen LogP contribution in [-0.4, -0.2) is 0 Å². The zero-order valence-corrected chi connectivity index (χ0v) is 23.8. The highest BCUT2D eigenvalue weighted by molar-refractivity contribution is 5.89. The maximum atomic E-state index is 2.44. The maximum Gasteiger partial charge on any atom is 0.0713 e. The summed E-state index contributed by atoms with van der Waals surface area (Å²) in [5.41, 5.74) is 14.8. The number of hydrogen-bond acceptors (Lipinski definition) is 0. The van der Waals surface area contributed by atoms with Gasteiger partial charge in [-0.3, -0.25) is 0 Å². The first kappa shape index (κ1) is 25.3. The number of fused-ring (bicyclic) bond motifs is 3. The first-order valence-electron chi connectivity index (χ1n) is 14.9. The molecule has 7 aromatic rings. The second-order valence-electron chi connectivity index (χ2n) is 11.3. The smallest absolute Gasteiger partial charge is 0.0622 e. The van der Waals surface area contributed by atoms with E-state index in [9.17, 15) is 0 Å². The topological polar surface area (TPSA) is 0 Å². The average Bonchev–Trinajstić information content (AvgIpc) is 3.40. The molecule has 0 saturated carbocycles. The van der Waals surface area contributed by atoms with Crippen LogP contribution in [0.5, 0.6) is 0 Å². The fraction of sp³-hybridized carbons (Fsp3) is 0.0233. The van der Waals surface area contributed by atoms with Crippen LogP contribution in [0, 0.1) is 0 Å². The summed E-state index contributed by atoms with van der Waals surface area (Å²) in [5.74, 6) is 0. The highest BCUT2D eigenvalue weighted by Crippen LogP contribution is 2.56. The van der Waals surface area contributed by atoms with Crippen molar-refractivity contribution in [1.29, 1.82) is 0 Å². The van der Waals surface area contributed by atoms with Gasteiger partial charge in [0.25, 0.3) is 0 Å². The van der Waals surface area contributed by atoms with Crippen molar-refractivity contribution in [1.82, 2.24) is 0 Å². The lowest BCUT2D eigenvalue weighted by molar-refractivity contribution is 0.769. The summed E-state index contributed by atoms with van der Waals surface area (Å²) in [7, 11) is 0. The second-order valence-corrected chi connectivity index (χ2v) is 11.3. The maximum absolute atomic E-state index is 2.44. The minimum Gasteiger partial charge on any atom is -0.0622 e. The van der Waals surface area contributed by atoms with E-state index in [-0.39, 0.29) is 0 Å². The zero-order valence-electron chi connectivity index (χ0n) is 23.8. The Kier molecular flexibility index (Phi) is 6.12. The Morgan fingerprint density at radius 2 is 0.674 bits per heavy atom. The number of hydrogen-bond donors (Lipinski definition) is 0. The molecule has 1 aliphatic rings. The summed E-state index contributed by atoms with van der Waals surface area (Å²) in [6, 6.07) is 66.4. The third-order valence-corrected chi connectivity index (χ3v) is 8.96. The fourth-order valence-electron chi connectivity index (χ4n) is 7.01. The molecule has 7 aromatic carbocycles. The molecule has 0 fully saturated rings. The molecule has 0 aromatic heterocycles. The van der Waals surface area contributed by atoms with Crippen LogP contribution >= 0.6 is 0 Å². The first-order chi connectivity index (χ1) is 21.3. The van der Waals surface area contributed by atoms with Crippen molar-refractivity contribution < 1.29 is 0 Å². The monoisotopic (exact) mass is 546 g/mol. The van der Waals surface area contributed by atoms with Crippen LogP contribution < -0.4 is 0 Å². The van der Waals surface area contributed by atoms with E-state index in [0.29, 0.717) is 0 Å². The largest absolute Gasteiger partial charge is 0.0713 e. The van der Waals surface area contributed by atoms with Crippen LogP contribution in [0.25, 0.3) is 44.5 Å². The van der Waals surface area contributed by atoms with Crippen molar-refractivity contribution in [3.63, 3.8) is 0 Å². The molecule has 0 heteroatoms. The van der Waals surface area contributed by atoms with Crippen LogP contribution in [0.4, 0.5) is 0 Å². The molecule has 0 unspecified atom stereocenters. The minimum absolute atomic E-state index is 0.397. The van der Waals surface area contributed by atoms with Gasteiger partial charge in [0, 0.05) is 0 Å². The minimum atomic E-state index is -0.397. The quantitative estimate of drug-likeness (QED) is 0.201. The van der Waals surface area contributed by atoms with Crippen molar-refractivity contribution >= 4 is 0 Å². The van der Waals surface area contributed by atoms with E-state index >= 15 is 0 Å². The lowest BCUT2D eigenvalue weighted by Gasteiger charge is -2.34. The average molecular weight is 547 g/mol. The third kappa shape index (κ3) is 4.15. The van der Waals surface area contributed by atoms with Crippen LogP contribution in [0.3, 0.4) is 0 Å². The van der Waals surface area contributed by atoms with E-state index in [2.05, 4.69) is 182 Å². The Morgan fingerprint density at radius 3 is 1.26 bits per heavy atom. The van der Waals surface area contributed by atoms with Gasteiger partial charge < -0.3 is 0 Å². The number of benzene rings is 7. The second kappa shape index (κ2) is 10.4. The van der Waals surface area contributed by atoms with Crippen molar-refractivity contribution in [2.45, 2.75) is 5.41 Å². The molecule has 0 atom stereocenters. The normalized spacial score (nSPS) is 12.8. The Labute approximate surface area is 253 Å². The molecular weight excluding hydrogens is 516 g/mol. The highest BCUT2D eigenvalue weighted by Gasteiger charge is 2.45. The Bertz CT molecular complexity index is 2010. The molecule has 0 saturated heterocycles. The van der Waals surface area contributed by atoms with Gasteiger partial charge in [0.1, 0.15) is 0 Å². The van der Waals surface area contributed by atoms with Crippen LogP contribution in [-0.2, 0) is 5.41 Å². The van der Waals surface area contributed by atoms with Gasteiger partial charge in [-0.15, -0.1) is 0 Å². The van der Waals surface area contributed by atoms with Crippen LogP contribution in [0.15, 0.2) is 182 Å². The molecule has 0 bridgehead atoms. The standard InChI is InChI=1S/C43H30/c1-4-14-31(15-5-1)32-16-12-17-33(28-32)34-18-13-19-35(29-34)36-26-27-40-39-24-10-11-25-41(39)43(42(40)30-36,37-20-6-2-7-21-37)38-22-8-3-9-23-38/h1-30H. The summed E-state index contributed by atoms with van der Waals surface area (Å²) >= 11 is 0. The summed E-state index contributed by atoms with van der Waals surface area (Å²) in [5, 5.41) is 0. The van der Waals surface area contributed by atoms with Crippen molar-refractivity contribution in [3.8, 4) is 44.5 Å². The molecule has 0 amide bonds. The van der Waals surface area contributed by atoms with Gasteiger partial charge in [-0.05, 0) is 85.0 Å². The molecule has 0 radical (unpaired) electrons. The number of rotatable bonds is 5. The van der Waals surface area contributed by atoms with Crippen LogP contribution in [0.1, 0.15) is 22.3 Å². The summed E-state index contributed by atoms with van der Waals surface area (Å²) in [6.07, 6.45) is 0. The molecule has 43 heavy (non-hydrogen) atoms. The van der Waals surface area contributed by atoms with Gasteiger partial charge >= 0.3 is 0 Å². The highest BCUT2D eigenvalue weighted by atomic mass is 14.5. The zero-order chi connectivity index (χ0) is 28.6. The van der Waals surface area contributed by atoms with Gasteiger partial charge in [0.05, 0.1) is 5.41 Å². The van der Waals surface area contributed by atoms with Gasteiger partial charge in [-0.1, -0.05) is 164 Å². The van der Waals surface area contributed by atoms with Crippen molar-refractivity contribution in [3.05, 3.63) is 204 Å². The van der Waals surface area contributed by atoms with E-state index in [1.807, 2.05) is 0 Å². The van der Waals surface area contributed by atoms with E-state index in [1.54, 1.807) is 0 Å². The van der Waals surface area contributed by atoms with Gasteiger partial charge in [-0.2, -0.15) is 0 Å². The lowest BCUT2D eigenvalue weighted by Crippen LogP contribution is -2.28. The van der Waals surface area contributed by atoms with E-state index in [0.717, 1.165) is 0 Å². The third-order valence-electron chi connectivity index (χ3n) is 8.96. The van der Waals surface area contributed by atoms with Gasteiger partial charge in [0.2, 0.25) is 0 Å². The molecule has 0 aliphatic heterocycles. The molecule has 0 nitrogen and oxygen atoms in total. The van der Waals surface area contributed by atoms with Gasteiger partial charge in [0.15, 0.2) is 0 Å².